The quantitative estimate of drug-likeness (QED) is 0.225. The molecule has 0 atom stereocenters. The van der Waals surface area contributed by atoms with Gasteiger partial charge < -0.3 is 10.6 Å². The average Bonchev–Trinajstić information content (AvgIpc) is 3.17. The number of para-hydroxylation sites is 1. The molecule has 0 unspecified atom stereocenters. The molecule has 0 radical (unpaired) electrons. The first kappa shape index (κ1) is 25.0. The summed E-state index contributed by atoms with van der Waals surface area (Å²) in [6, 6.07) is 22.2. The van der Waals surface area contributed by atoms with Crippen molar-refractivity contribution in [3.8, 4) is 5.69 Å². The molecule has 5 aromatic rings. The first-order valence-corrected chi connectivity index (χ1v) is 13.3. The van der Waals surface area contributed by atoms with E-state index >= 15 is 0 Å². The lowest BCUT2D eigenvalue weighted by atomic mass is 10.0. The number of anilines is 1. The van der Waals surface area contributed by atoms with Gasteiger partial charge in [0.2, 0.25) is 0 Å². The Labute approximate surface area is 220 Å². The van der Waals surface area contributed by atoms with E-state index in [9.17, 15) is 0 Å². The molecule has 5 rings (SSSR count). The molecule has 4 heteroatoms. The van der Waals surface area contributed by atoms with Gasteiger partial charge in [-0.15, -0.1) is 0 Å². The first-order valence-electron chi connectivity index (χ1n) is 13.3. The Bertz CT molecular complexity index is 1570. The van der Waals surface area contributed by atoms with Crippen molar-refractivity contribution in [2.24, 2.45) is 0 Å². The maximum absolute atomic E-state index is 5.07. The number of aryl methyl sites for hydroxylation is 6. The number of rotatable bonds is 8. The van der Waals surface area contributed by atoms with Crippen LogP contribution in [0.4, 0.5) is 5.69 Å². The van der Waals surface area contributed by atoms with Crippen LogP contribution in [0.1, 0.15) is 39.1 Å². The highest BCUT2D eigenvalue weighted by Crippen LogP contribution is 2.37. The van der Waals surface area contributed by atoms with Crippen molar-refractivity contribution in [1.82, 2.24) is 14.9 Å². The molecular formula is C33H38N4. The fraction of sp³-hybridized carbons (Fsp3) is 0.303. The molecule has 2 N–H and O–H groups in total. The van der Waals surface area contributed by atoms with Crippen molar-refractivity contribution in [3.63, 3.8) is 0 Å². The Balaban J connectivity index is 1.41. The molecule has 2 heterocycles. The Morgan fingerprint density at radius 1 is 0.730 bits per heavy atom. The minimum absolute atomic E-state index is 0.855. The van der Waals surface area contributed by atoms with E-state index in [2.05, 4.69) is 117 Å². The van der Waals surface area contributed by atoms with Crippen LogP contribution < -0.4 is 10.6 Å². The highest BCUT2D eigenvalue weighted by molar-refractivity contribution is 6.13. The fourth-order valence-electron chi connectivity index (χ4n) is 5.57. The van der Waals surface area contributed by atoms with Crippen molar-refractivity contribution >= 4 is 27.6 Å². The third kappa shape index (κ3) is 4.99. The van der Waals surface area contributed by atoms with Gasteiger partial charge in [0.25, 0.3) is 0 Å². The zero-order valence-electron chi connectivity index (χ0n) is 23.0. The summed E-state index contributed by atoms with van der Waals surface area (Å²) in [5, 5.41) is 9.75. The number of fused-ring (bicyclic) bond motifs is 3. The van der Waals surface area contributed by atoms with Gasteiger partial charge in [0, 0.05) is 29.9 Å². The van der Waals surface area contributed by atoms with E-state index < -0.39 is 0 Å². The molecule has 37 heavy (non-hydrogen) atoms. The van der Waals surface area contributed by atoms with Gasteiger partial charge >= 0.3 is 0 Å². The maximum Gasteiger partial charge on any atom is 0.147 e. The summed E-state index contributed by atoms with van der Waals surface area (Å²) in [6.45, 7) is 15.7. The maximum atomic E-state index is 5.07. The Morgan fingerprint density at radius 3 is 2.24 bits per heavy atom. The molecule has 0 amide bonds. The molecule has 190 valence electrons. The van der Waals surface area contributed by atoms with E-state index in [0.717, 1.165) is 43.1 Å². The highest BCUT2D eigenvalue weighted by Gasteiger charge is 2.19. The van der Waals surface area contributed by atoms with E-state index in [1.54, 1.807) is 0 Å². The molecule has 4 nitrogen and oxygen atoms in total. The molecule has 0 fully saturated rings. The second-order valence-electron chi connectivity index (χ2n) is 10.5. The molecule has 0 aliphatic rings. The first-order chi connectivity index (χ1) is 17.8. The van der Waals surface area contributed by atoms with Crippen LogP contribution in [-0.2, 0) is 6.42 Å². The molecule has 0 saturated heterocycles. The van der Waals surface area contributed by atoms with E-state index in [1.165, 1.54) is 55.4 Å². The number of hydrogen-bond acceptors (Lipinski definition) is 3. The molecule has 0 aliphatic carbocycles. The van der Waals surface area contributed by atoms with E-state index in [1.807, 2.05) is 0 Å². The van der Waals surface area contributed by atoms with Gasteiger partial charge in [0.1, 0.15) is 5.65 Å². The lowest BCUT2D eigenvalue weighted by Gasteiger charge is -2.15. The standard InChI is InChI=1S/C33H38N4/c1-21-17-24(4)32(25(5)18-21)37-30-10-8-7-9-28(30)31-29(20-26(6)36-33(31)37)35-16-15-34-14-13-27-12-11-22(2)23(3)19-27/h7-12,17-20,34H,13-16H2,1-6H3,(H,35,36). The summed E-state index contributed by atoms with van der Waals surface area (Å²) in [7, 11) is 0. The number of aromatic nitrogens is 2. The summed E-state index contributed by atoms with van der Waals surface area (Å²) in [6.07, 6.45) is 1.04. The van der Waals surface area contributed by atoms with E-state index in [0.29, 0.717) is 0 Å². The van der Waals surface area contributed by atoms with Crippen LogP contribution in [0.15, 0.2) is 60.7 Å². The number of hydrogen-bond donors (Lipinski definition) is 2. The van der Waals surface area contributed by atoms with Crippen LogP contribution >= 0.6 is 0 Å². The minimum atomic E-state index is 0.855. The minimum Gasteiger partial charge on any atom is -0.383 e. The molecule has 2 aromatic heterocycles. The van der Waals surface area contributed by atoms with Crippen molar-refractivity contribution in [3.05, 3.63) is 99.7 Å². The number of nitrogens with one attached hydrogen (secondary N) is 2. The number of pyridine rings is 1. The van der Waals surface area contributed by atoms with Crippen LogP contribution in [0.5, 0.6) is 0 Å². The topological polar surface area (TPSA) is 41.9 Å². The SMILES string of the molecule is Cc1cc(C)c(-n2c3ccccc3c3c(NCCNCCc4ccc(C)c(C)c4)cc(C)nc32)c(C)c1. The van der Waals surface area contributed by atoms with Crippen molar-refractivity contribution in [2.75, 3.05) is 25.0 Å². The second-order valence-corrected chi connectivity index (χ2v) is 10.5. The van der Waals surface area contributed by atoms with E-state index in [-0.39, 0.29) is 0 Å². The van der Waals surface area contributed by atoms with Gasteiger partial charge in [-0.3, -0.25) is 4.57 Å². The molecule has 0 bridgehead atoms. The van der Waals surface area contributed by atoms with Crippen LogP contribution in [-0.4, -0.2) is 29.2 Å². The third-order valence-corrected chi connectivity index (χ3v) is 7.39. The van der Waals surface area contributed by atoms with Crippen LogP contribution in [0.25, 0.3) is 27.6 Å². The summed E-state index contributed by atoms with van der Waals surface area (Å²) >= 11 is 0. The largest absolute Gasteiger partial charge is 0.383 e. The Morgan fingerprint density at radius 2 is 1.49 bits per heavy atom. The van der Waals surface area contributed by atoms with Gasteiger partial charge in [-0.05, 0) is 94.5 Å². The third-order valence-electron chi connectivity index (χ3n) is 7.39. The van der Waals surface area contributed by atoms with Gasteiger partial charge in [0.15, 0.2) is 0 Å². The van der Waals surface area contributed by atoms with Gasteiger partial charge in [-0.25, -0.2) is 4.98 Å². The zero-order chi connectivity index (χ0) is 26.1. The second kappa shape index (κ2) is 10.4. The molecular weight excluding hydrogens is 452 g/mol. The zero-order valence-corrected chi connectivity index (χ0v) is 23.0. The normalized spacial score (nSPS) is 11.5. The van der Waals surface area contributed by atoms with Crippen molar-refractivity contribution < 1.29 is 0 Å². The lowest BCUT2D eigenvalue weighted by molar-refractivity contribution is 0.699. The van der Waals surface area contributed by atoms with E-state index in [4.69, 9.17) is 4.98 Å². The average molecular weight is 491 g/mol. The van der Waals surface area contributed by atoms with Crippen LogP contribution in [0.2, 0.25) is 0 Å². The predicted molar refractivity (Wildman–Crippen MR) is 159 cm³/mol. The molecule has 3 aromatic carbocycles. The van der Waals surface area contributed by atoms with Crippen LogP contribution in [0, 0.1) is 41.5 Å². The van der Waals surface area contributed by atoms with Gasteiger partial charge in [0.05, 0.1) is 16.6 Å². The summed E-state index contributed by atoms with van der Waals surface area (Å²) in [4.78, 5) is 5.07. The van der Waals surface area contributed by atoms with Crippen molar-refractivity contribution in [2.45, 2.75) is 48.0 Å². The van der Waals surface area contributed by atoms with Gasteiger partial charge in [-0.2, -0.15) is 0 Å². The fourth-order valence-corrected chi connectivity index (χ4v) is 5.57. The highest BCUT2D eigenvalue weighted by atomic mass is 15.1. The van der Waals surface area contributed by atoms with Gasteiger partial charge in [-0.1, -0.05) is 54.1 Å². The monoisotopic (exact) mass is 490 g/mol. The Hall–Kier alpha value is -3.63. The van der Waals surface area contributed by atoms with Crippen molar-refractivity contribution in [1.29, 1.82) is 0 Å². The molecule has 0 aliphatic heterocycles. The number of benzene rings is 3. The summed E-state index contributed by atoms with van der Waals surface area (Å²) in [5.74, 6) is 0. The molecule has 0 saturated carbocycles. The predicted octanol–water partition coefficient (Wildman–Crippen LogP) is 7.27. The summed E-state index contributed by atoms with van der Waals surface area (Å²) < 4.78 is 2.36. The summed E-state index contributed by atoms with van der Waals surface area (Å²) in [5.41, 5.74) is 13.5. The smallest absolute Gasteiger partial charge is 0.147 e. The molecule has 0 spiro atoms. The lowest BCUT2D eigenvalue weighted by Crippen LogP contribution is -2.24. The number of nitrogens with zero attached hydrogens (tertiary/aromatic N) is 2. The Kier molecular flexibility index (Phi) is 7.03. The van der Waals surface area contributed by atoms with Crippen LogP contribution in [0.3, 0.4) is 0 Å².